The summed E-state index contributed by atoms with van der Waals surface area (Å²) in [6.45, 7) is 14.6. The fourth-order valence-corrected chi connectivity index (χ4v) is 9.43. The van der Waals surface area contributed by atoms with E-state index in [1.54, 1.807) is 24.3 Å². The monoisotopic (exact) mass is 686 g/mol. The first-order valence-corrected chi connectivity index (χ1v) is 19.2. The Bertz CT molecular complexity index is 1440. The van der Waals surface area contributed by atoms with E-state index in [2.05, 4.69) is 10.6 Å². The summed E-state index contributed by atoms with van der Waals surface area (Å²) in [6, 6.07) is 22.8. The summed E-state index contributed by atoms with van der Waals surface area (Å²) in [4.78, 5) is 0. The van der Waals surface area contributed by atoms with E-state index in [1.807, 2.05) is 104 Å². The molecule has 2 atom stereocenters. The van der Waals surface area contributed by atoms with Crippen LogP contribution in [0, 0.1) is 0 Å². The van der Waals surface area contributed by atoms with Gasteiger partial charge in [0.25, 0.3) is 0 Å². The average Bonchev–Trinajstić information content (AvgIpc) is 3.70. The second-order valence-corrected chi connectivity index (χ2v) is 16.4. The highest BCUT2D eigenvalue weighted by Gasteiger charge is 2.42. The van der Waals surface area contributed by atoms with E-state index in [0.717, 1.165) is 22.5 Å². The van der Waals surface area contributed by atoms with Crippen molar-refractivity contribution in [1.82, 2.24) is 0 Å². The largest absolute Gasteiger partial charge is 0.466 e. The first kappa shape index (κ1) is 36.7. The molecule has 0 saturated heterocycles. The smallest absolute Gasteiger partial charge is 0.361 e. The van der Waals surface area contributed by atoms with Gasteiger partial charge in [0.1, 0.15) is 11.5 Å². The van der Waals surface area contributed by atoms with Gasteiger partial charge in [-0.25, -0.2) is 0 Å². The van der Waals surface area contributed by atoms with Crippen LogP contribution in [-0.2, 0) is 33.6 Å². The third-order valence-electron chi connectivity index (χ3n) is 6.61. The van der Waals surface area contributed by atoms with E-state index in [0.29, 0.717) is 17.9 Å². The highest BCUT2D eigenvalue weighted by atomic mass is 31.2. The number of nitrogens with one attached hydrogen (secondary N) is 2. The minimum atomic E-state index is -3.67. The first-order valence-electron chi connectivity index (χ1n) is 16.0. The maximum absolute atomic E-state index is 14.0. The van der Waals surface area contributed by atoms with Gasteiger partial charge in [-0.15, -0.1) is 0 Å². The molecule has 0 saturated carbocycles. The van der Waals surface area contributed by atoms with E-state index in [1.165, 1.54) is 12.5 Å². The van der Waals surface area contributed by atoms with E-state index in [-0.39, 0.29) is 24.4 Å². The normalized spacial score (nSPS) is 13.9. The van der Waals surface area contributed by atoms with E-state index < -0.39 is 26.8 Å². The summed E-state index contributed by atoms with van der Waals surface area (Å²) in [5, 5.41) is 6.66. The third-order valence-corrected chi connectivity index (χ3v) is 11.5. The molecule has 10 nitrogen and oxygen atoms in total. The molecule has 12 heteroatoms. The quantitative estimate of drug-likeness (QED) is 0.0978. The third kappa shape index (κ3) is 10.4. The molecular formula is C35H48N2O8P2. The molecule has 0 bridgehead atoms. The van der Waals surface area contributed by atoms with Crippen molar-refractivity contribution in [3.05, 3.63) is 108 Å². The number of rotatable bonds is 18. The highest BCUT2D eigenvalue weighted by Crippen LogP contribution is 2.63. The topological polar surface area (TPSA) is 121 Å². The van der Waals surface area contributed by atoms with Crippen LogP contribution in [-0.4, -0.2) is 24.4 Å². The van der Waals surface area contributed by atoms with Crippen LogP contribution < -0.4 is 10.6 Å². The zero-order valence-electron chi connectivity index (χ0n) is 28.4. The van der Waals surface area contributed by atoms with Crippen LogP contribution in [0.5, 0.6) is 0 Å². The maximum Gasteiger partial charge on any atom is 0.361 e. The van der Waals surface area contributed by atoms with Crippen LogP contribution in [0.15, 0.2) is 94.2 Å². The van der Waals surface area contributed by atoms with Crippen molar-refractivity contribution < 1.29 is 36.1 Å². The van der Waals surface area contributed by atoms with Gasteiger partial charge < -0.3 is 37.6 Å². The number of hydrogen-bond acceptors (Lipinski definition) is 10. The lowest BCUT2D eigenvalue weighted by atomic mass is 10.0. The van der Waals surface area contributed by atoms with Gasteiger partial charge in [0.05, 0.1) is 36.9 Å². The Kier molecular flexibility index (Phi) is 12.8. The Morgan fingerprint density at radius 3 is 1.11 bits per heavy atom. The Morgan fingerprint density at radius 2 is 0.851 bits per heavy atom. The summed E-state index contributed by atoms with van der Waals surface area (Å²) in [5.74, 6) is -0.732. The lowest BCUT2D eigenvalue weighted by molar-refractivity contribution is 0.135. The van der Waals surface area contributed by atoms with Gasteiger partial charge in [-0.2, -0.15) is 0 Å². The molecule has 2 N–H and O–H groups in total. The van der Waals surface area contributed by atoms with Crippen molar-refractivity contribution in [1.29, 1.82) is 0 Å². The average molecular weight is 687 g/mol. The molecule has 2 aromatic carbocycles. The maximum atomic E-state index is 14.0. The molecule has 256 valence electrons. The minimum Gasteiger partial charge on any atom is -0.466 e. The summed E-state index contributed by atoms with van der Waals surface area (Å²) < 4.78 is 62.9. The number of hydrogen-bond donors (Lipinski definition) is 2. The van der Waals surface area contributed by atoms with Crippen molar-refractivity contribution >= 4 is 26.6 Å². The summed E-state index contributed by atoms with van der Waals surface area (Å²) in [6.07, 6.45) is 2.50. The van der Waals surface area contributed by atoms with Gasteiger partial charge in [-0.1, -0.05) is 24.3 Å². The number of furan rings is 2. The van der Waals surface area contributed by atoms with Gasteiger partial charge in [0.2, 0.25) is 0 Å². The van der Waals surface area contributed by atoms with Crippen LogP contribution in [0.25, 0.3) is 0 Å². The van der Waals surface area contributed by atoms with Crippen LogP contribution in [0.2, 0.25) is 0 Å². The van der Waals surface area contributed by atoms with Crippen LogP contribution in [0.1, 0.15) is 89.6 Å². The number of anilines is 2. The van der Waals surface area contributed by atoms with Crippen LogP contribution in [0.3, 0.4) is 0 Å². The van der Waals surface area contributed by atoms with Crippen molar-refractivity contribution in [2.24, 2.45) is 0 Å². The zero-order valence-corrected chi connectivity index (χ0v) is 30.2. The molecular weight excluding hydrogens is 638 g/mol. The Labute approximate surface area is 278 Å². The molecule has 0 radical (unpaired) electrons. The molecule has 2 unspecified atom stereocenters. The van der Waals surface area contributed by atoms with E-state index >= 15 is 0 Å². The van der Waals surface area contributed by atoms with Gasteiger partial charge in [0, 0.05) is 11.4 Å². The van der Waals surface area contributed by atoms with Crippen molar-refractivity contribution in [2.75, 3.05) is 10.6 Å². The molecule has 47 heavy (non-hydrogen) atoms. The summed E-state index contributed by atoms with van der Waals surface area (Å²) in [5.41, 5.74) is 3.66. The Hall–Kier alpha value is -3.10. The number of benzene rings is 2. The molecule has 2 heterocycles. The van der Waals surface area contributed by atoms with E-state index in [4.69, 9.17) is 26.9 Å². The molecule has 0 aliphatic carbocycles. The van der Waals surface area contributed by atoms with Gasteiger partial charge >= 0.3 is 15.2 Å². The van der Waals surface area contributed by atoms with Gasteiger partial charge in [0.15, 0.2) is 11.6 Å². The predicted molar refractivity (Wildman–Crippen MR) is 186 cm³/mol. The Morgan fingerprint density at radius 1 is 0.532 bits per heavy atom. The molecule has 0 fully saturated rings. The van der Waals surface area contributed by atoms with Gasteiger partial charge in [-0.3, -0.25) is 9.13 Å². The fraction of sp³-hybridized carbons (Fsp3) is 0.429. The molecule has 0 amide bonds. The molecule has 0 aliphatic heterocycles. The lowest BCUT2D eigenvalue weighted by Crippen LogP contribution is -2.19. The van der Waals surface area contributed by atoms with Crippen molar-refractivity contribution in [3.8, 4) is 0 Å². The van der Waals surface area contributed by atoms with Crippen LogP contribution >= 0.6 is 15.2 Å². The second-order valence-electron chi connectivity index (χ2n) is 12.4. The second kappa shape index (κ2) is 16.3. The first-order chi connectivity index (χ1) is 22.3. The SMILES string of the molecule is CC(C)OP(=O)(OC(C)C)C(Nc1ccc(Cc2ccc(NC(c3ccco3)P(=O)(OC(C)C)OC(C)C)cc2)cc1)c1ccco1. The molecule has 0 spiro atoms. The molecule has 2 aromatic heterocycles. The van der Waals surface area contributed by atoms with Crippen molar-refractivity contribution in [3.63, 3.8) is 0 Å². The standard InChI is InChI=1S/C35H48N2O8P2/c1-24(2)42-46(38,43-25(3)4)34(32-11-9-21-40-32)36-30-17-13-28(14-18-30)23-29-15-19-31(20-16-29)37-35(33-12-10-22-41-33)47(39,44-26(5)6)45-27(7)8/h9-22,24-27,34-37H,23H2,1-8H3. The van der Waals surface area contributed by atoms with Gasteiger partial charge in [-0.05, 0) is 121 Å². The molecule has 4 rings (SSSR count). The molecule has 0 aliphatic rings. The molecule has 4 aromatic rings. The minimum absolute atomic E-state index is 0.315. The van der Waals surface area contributed by atoms with Crippen LogP contribution in [0.4, 0.5) is 11.4 Å². The van der Waals surface area contributed by atoms with Crippen molar-refractivity contribution in [2.45, 2.75) is 97.8 Å². The predicted octanol–water partition coefficient (Wildman–Crippen LogP) is 10.8. The Balaban J connectivity index is 1.49. The summed E-state index contributed by atoms with van der Waals surface area (Å²) >= 11 is 0. The van der Waals surface area contributed by atoms with E-state index in [9.17, 15) is 9.13 Å². The highest BCUT2D eigenvalue weighted by molar-refractivity contribution is 7.54. The zero-order chi connectivity index (χ0) is 34.2. The lowest BCUT2D eigenvalue weighted by Gasteiger charge is -2.30. The fourth-order valence-electron chi connectivity index (χ4n) is 4.96. The summed E-state index contributed by atoms with van der Waals surface area (Å²) in [7, 11) is -7.34.